The summed E-state index contributed by atoms with van der Waals surface area (Å²) in [5, 5.41) is 0. The highest BCUT2D eigenvalue weighted by Crippen LogP contribution is 2.18. The highest BCUT2D eigenvalue weighted by molar-refractivity contribution is 6.43. The summed E-state index contributed by atoms with van der Waals surface area (Å²) in [5.41, 5.74) is 3.15. The van der Waals surface area contributed by atoms with Crippen molar-refractivity contribution >= 4 is 9.52 Å². The largest absolute Gasteiger partial charge is 0.381 e. The van der Waals surface area contributed by atoms with E-state index >= 15 is 0 Å². The summed E-state index contributed by atoms with van der Waals surface area (Å²) in [6, 6.07) is 0. The Hall–Kier alpha value is -0.0831. The molecule has 2 heteroatoms. The molecule has 0 bridgehead atoms. The van der Waals surface area contributed by atoms with Gasteiger partial charge in [0.05, 0.1) is 0 Å². The van der Waals surface area contributed by atoms with Gasteiger partial charge in [0.25, 0.3) is 0 Å². The highest BCUT2D eigenvalue weighted by atomic mass is 28.2. The maximum absolute atomic E-state index is 5.23. The zero-order valence-electron chi connectivity index (χ0n) is 5.81. The first-order valence-electron chi connectivity index (χ1n) is 3.62. The van der Waals surface area contributed by atoms with Gasteiger partial charge < -0.3 is 4.74 Å². The van der Waals surface area contributed by atoms with Crippen molar-refractivity contribution in [2.75, 3.05) is 13.2 Å². The Bertz CT molecular complexity index is 86.9. The maximum Gasteiger partial charge on any atom is 0.0478 e. The van der Waals surface area contributed by atoms with E-state index in [1.54, 1.807) is 0 Å². The molecule has 0 aliphatic carbocycles. The smallest absolute Gasteiger partial charge is 0.0478 e. The maximum atomic E-state index is 5.23. The van der Waals surface area contributed by atoms with Crippen molar-refractivity contribution in [2.45, 2.75) is 18.4 Å². The van der Waals surface area contributed by atoms with Gasteiger partial charge in [-0.1, -0.05) is 0 Å². The normalized spacial score (nSPS) is 23.1. The van der Waals surface area contributed by atoms with E-state index in [1.165, 1.54) is 12.8 Å². The van der Waals surface area contributed by atoms with E-state index in [9.17, 15) is 0 Å². The molecule has 0 spiro atoms. The summed E-state index contributed by atoms with van der Waals surface area (Å²) in [6.45, 7) is 5.76. The van der Waals surface area contributed by atoms with Crippen molar-refractivity contribution in [3.05, 3.63) is 12.3 Å². The van der Waals surface area contributed by atoms with Gasteiger partial charge >= 0.3 is 0 Å². The van der Waals surface area contributed by atoms with E-state index in [0.29, 0.717) is 0 Å². The van der Waals surface area contributed by atoms with Crippen LogP contribution in [-0.4, -0.2) is 22.7 Å². The van der Waals surface area contributed by atoms with Crippen LogP contribution in [0.25, 0.3) is 0 Å². The minimum Gasteiger partial charge on any atom is -0.381 e. The van der Waals surface area contributed by atoms with Crippen LogP contribution in [-0.2, 0) is 4.74 Å². The highest BCUT2D eigenvalue weighted by Gasteiger charge is 2.11. The fraction of sp³-hybridized carbons (Fsp3) is 0.714. The molecule has 1 heterocycles. The first kappa shape index (κ1) is 7.03. The molecule has 0 amide bonds. The molecule has 0 unspecified atom stereocenters. The molecule has 0 N–H and O–H groups in total. The van der Waals surface area contributed by atoms with Gasteiger partial charge in [-0.15, -0.1) is 12.3 Å². The van der Waals surface area contributed by atoms with Gasteiger partial charge in [0.1, 0.15) is 0 Å². The molecular weight excluding hydrogens is 128 g/mol. The predicted octanol–water partition coefficient (Wildman–Crippen LogP) is 0.898. The number of hydrogen-bond donors (Lipinski definition) is 0. The average Bonchev–Trinajstić information content (AvgIpc) is 1.91. The Kier molecular flexibility index (Phi) is 3.01. The molecule has 0 aromatic rings. The Morgan fingerprint density at radius 3 is 2.67 bits per heavy atom. The van der Waals surface area contributed by atoms with Gasteiger partial charge in [0.2, 0.25) is 0 Å². The molecule has 0 aromatic heterocycles. The van der Waals surface area contributed by atoms with Gasteiger partial charge in [-0.2, -0.15) is 0 Å². The summed E-state index contributed by atoms with van der Waals surface area (Å²) in [6.07, 6.45) is 2.58. The van der Waals surface area contributed by atoms with Crippen LogP contribution in [0.5, 0.6) is 0 Å². The van der Waals surface area contributed by atoms with Gasteiger partial charge in [-0.05, 0) is 18.4 Å². The molecule has 0 aromatic carbocycles. The molecule has 52 valence electrons. The van der Waals surface area contributed by atoms with E-state index in [0.717, 1.165) is 18.8 Å². The Labute approximate surface area is 58.9 Å². The molecule has 0 radical (unpaired) electrons. The lowest BCUT2D eigenvalue weighted by atomic mass is 10.2. The minimum atomic E-state index is 0.0598. The van der Waals surface area contributed by atoms with Crippen LogP contribution in [0, 0.1) is 0 Å². The molecule has 0 atom stereocenters. The molecule has 0 saturated carbocycles. The third-order valence-corrected chi connectivity index (χ3v) is 3.66. The Morgan fingerprint density at radius 1 is 1.44 bits per heavy atom. The van der Waals surface area contributed by atoms with Crippen LogP contribution in [0.3, 0.4) is 0 Å². The number of hydrogen-bond acceptors (Lipinski definition) is 1. The van der Waals surface area contributed by atoms with E-state index in [-0.39, 0.29) is 9.52 Å². The third kappa shape index (κ3) is 2.33. The second-order valence-corrected chi connectivity index (χ2v) is 4.78. The summed E-state index contributed by atoms with van der Waals surface area (Å²) in [5.74, 6) is 0. The van der Waals surface area contributed by atoms with Crippen molar-refractivity contribution in [1.29, 1.82) is 0 Å². The van der Waals surface area contributed by atoms with Crippen molar-refractivity contribution in [3.63, 3.8) is 0 Å². The monoisotopic (exact) mass is 142 g/mol. The first-order chi connectivity index (χ1) is 4.43. The van der Waals surface area contributed by atoms with Crippen LogP contribution in [0.15, 0.2) is 12.3 Å². The SMILES string of the molecule is C=C[SiH2]C1CCOCC1. The van der Waals surface area contributed by atoms with Crippen molar-refractivity contribution in [2.24, 2.45) is 0 Å². The third-order valence-electron chi connectivity index (χ3n) is 1.84. The second kappa shape index (κ2) is 3.85. The molecular formula is C7H14OSi. The van der Waals surface area contributed by atoms with Crippen LogP contribution < -0.4 is 0 Å². The standard InChI is InChI=1S/C7H14OSi/c1-2-9-7-3-5-8-6-4-7/h2,7H,1,3-6,9H2. The van der Waals surface area contributed by atoms with Crippen molar-refractivity contribution < 1.29 is 4.74 Å². The van der Waals surface area contributed by atoms with E-state index < -0.39 is 0 Å². The second-order valence-electron chi connectivity index (χ2n) is 2.58. The fourth-order valence-electron chi connectivity index (χ4n) is 1.22. The number of rotatable bonds is 2. The molecule has 1 nitrogen and oxygen atoms in total. The fourth-order valence-corrected chi connectivity index (χ4v) is 2.49. The minimum absolute atomic E-state index is 0.0598. The van der Waals surface area contributed by atoms with Gasteiger partial charge in [0, 0.05) is 22.7 Å². The zero-order valence-corrected chi connectivity index (χ0v) is 7.22. The van der Waals surface area contributed by atoms with E-state index in [2.05, 4.69) is 12.3 Å². The number of ether oxygens (including phenoxy) is 1. The lowest BCUT2D eigenvalue weighted by Crippen LogP contribution is -2.14. The zero-order chi connectivity index (χ0) is 6.53. The summed E-state index contributed by atoms with van der Waals surface area (Å²) >= 11 is 0. The quantitative estimate of drug-likeness (QED) is 0.520. The summed E-state index contributed by atoms with van der Waals surface area (Å²) < 4.78 is 5.23. The predicted molar refractivity (Wildman–Crippen MR) is 42.5 cm³/mol. The van der Waals surface area contributed by atoms with Crippen LogP contribution >= 0.6 is 0 Å². The molecule has 1 rings (SSSR count). The van der Waals surface area contributed by atoms with E-state index in [4.69, 9.17) is 4.74 Å². The van der Waals surface area contributed by atoms with E-state index in [1.807, 2.05) is 0 Å². The van der Waals surface area contributed by atoms with Gasteiger partial charge in [0.15, 0.2) is 0 Å². The van der Waals surface area contributed by atoms with Crippen LogP contribution in [0.1, 0.15) is 12.8 Å². The Balaban J connectivity index is 2.15. The lowest BCUT2D eigenvalue weighted by Gasteiger charge is -2.19. The molecule has 1 aliphatic rings. The molecule has 1 aliphatic heterocycles. The van der Waals surface area contributed by atoms with Crippen molar-refractivity contribution in [3.8, 4) is 0 Å². The van der Waals surface area contributed by atoms with Crippen LogP contribution in [0.2, 0.25) is 5.54 Å². The summed E-state index contributed by atoms with van der Waals surface area (Å²) in [7, 11) is 0.0598. The molecule has 1 saturated heterocycles. The Morgan fingerprint density at radius 2 is 2.11 bits per heavy atom. The van der Waals surface area contributed by atoms with Gasteiger partial charge in [-0.3, -0.25) is 0 Å². The molecule has 9 heavy (non-hydrogen) atoms. The summed E-state index contributed by atoms with van der Waals surface area (Å²) in [4.78, 5) is 0. The average molecular weight is 142 g/mol. The lowest BCUT2D eigenvalue weighted by molar-refractivity contribution is 0.0970. The first-order valence-corrected chi connectivity index (χ1v) is 5.25. The van der Waals surface area contributed by atoms with Crippen molar-refractivity contribution in [1.82, 2.24) is 0 Å². The topological polar surface area (TPSA) is 9.23 Å². The van der Waals surface area contributed by atoms with Gasteiger partial charge in [-0.25, -0.2) is 0 Å². The van der Waals surface area contributed by atoms with Crippen LogP contribution in [0.4, 0.5) is 0 Å². The molecule has 1 fully saturated rings.